The Morgan fingerprint density at radius 2 is 2.42 bits per heavy atom. The Labute approximate surface area is 72.3 Å². The molecule has 4 heteroatoms. The molecule has 0 fully saturated rings. The van der Waals surface area contributed by atoms with Gasteiger partial charge in [-0.25, -0.2) is 4.68 Å². The van der Waals surface area contributed by atoms with Crippen LogP contribution in [0.15, 0.2) is 6.07 Å². The summed E-state index contributed by atoms with van der Waals surface area (Å²) in [6.45, 7) is 3.27. The van der Waals surface area contributed by atoms with E-state index in [0.717, 1.165) is 18.0 Å². The van der Waals surface area contributed by atoms with Crippen LogP contribution in [-0.2, 0) is 7.05 Å². The van der Waals surface area contributed by atoms with Crippen LogP contribution in [0.2, 0.25) is 0 Å². The molecule has 1 heterocycles. The van der Waals surface area contributed by atoms with E-state index in [9.17, 15) is 0 Å². The standard InChI is InChI=1S/C8H15N3O/c1-7-6-8(11(2)10-7)12-5-3-4-9/h6H,3-5,9H2,1-2H3. The molecule has 0 aliphatic rings. The van der Waals surface area contributed by atoms with E-state index in [-0.39, 0.29) is 0 Å². The fraction of sp³-hybridized carbons (Fsp3) is 0.625. The molecule has 0 aliphatic heterocycles. The number of ether oxygens (including phenoxy) is 1. The number of aryl methyl sites for hydroxylation is 2. The molecule has 1 rings (SSSR count). The molecule has 4 nitrogen and oxygen atoms in total. The van der Waals surface area contributed by atoms with Gasteiger partial charge in [0, 0.05) is 13.1 Å². The first-order valence-electron chi connectivity index (χ1n) is 4.07. The van der Waals surface area contributed by atoms with Crippen molar-refractivity contribution in [2.45, 2.75) is 13.3 Å². The Balaban J connectivity index is 2.45. The van der Waals surface area contributed by atoms with Crippen molar-refractivity contribution in [2.24, 2.45) is 12.8 Å². The zero-order valence-electron chi connectivity index (χ0n) is 7.58. The van der Waals surface area contributed by atoms with Gasteiger partial charge in [0.05, 0.1) is 12.3 Å². The lowest BCUT2D eigenvalue weighted by Gasteiger charge is -2.03. The Morgan fingerprint density at radius 1 is 1.67 bits per heavy atom. The van der Waals surface area contributed by atoms with Crippen LogP contribution in [0.5, 0.6) is 5.88 Å². The highest BCUT2D eigenvalue weighted by atomic mass is 16.5. The molecule has 1 aromatic rings. The van der Waals surface area contributed by atoms with Crippen LogP contribution < -0.4 is 10.5 Å². The van der Waals surface area contributed by atoms with Crippen LogP contribution in [0.3, 0.4) is 0 Å². The lowest BCUT2D eigenvalue weighted by atomic mass is 10.4. The van der Waals surface area contributed by atoms with E-state index in [2.05, 4.69) is 5.10 Å². The van der Waals surface area contributed by atoms with Crippen molar-refractivity contribution in [1.82, 2.24) is 9.78 Å². The predicted molar refractivity (Wildman–Crippen MR) is 47.1 cm³/mol. The second-order valence-electron chi connectivity index (χ2n) is 2.74. The molecule has 0 bridgehead atoms. The molecule has 12 heavy (non-hydrogen) atoms. The van der Waals surface area contributed by atoms with Crippen LogP contribution in [0.4, 0.5) is 0 Å². The first-order chi connectivity index (χ1) is 5.74. The summed E-state index contributed by atoms with van der Waals surface area (Å²) >= 11 is 0. The maximum Gasteiger partial charge on any atom is 0.211 e. The summed E-state index contributed by atoms with van der Waals surface area (Å²) in [6.07, 6.45) is 0.879. The van der Waals surface area contributed by atoms with Crippen molar-refractivity contribution in [3.63, 3.8) is 0 Å². The van der Waals surface area contributed by atoms with Gasteiger partial charge in [-0.1, -0.05) is 0 Å². The minimum atomic E-state index is 0.662. The Morgan fingerprint density at radius 3 is 2.92 bits per heavy atom. The SMILES string of the molecule is Cc1cc(OCCCN)n(C)n1. The fourth-order valence-corrected chi connectivity index (χ4v) is 0.982. The molecular weight excluding hydrogens is 154 g/mol. The highest BCUT2D eigenvalue weighted by Gasteiger charge is 2.00. The summed E-state index contributed by atoms with van der Waals surface area (Å²) < 4.78 is 7.15. The van der Waals surface area contributed by atoms with Crippen LogP contribution in [0, 0.1) is 6.92 Å². The van der Waals surface area contributed by atoms with Crippen molar-refractivity contribution in [2.75, 3.05) is 13.2 Å². The normalized spacial score (nSPS) is 10.2. The number of nitrogens with zero attached hydrogens (tertiary/aromatic N) is 2. The lowest BCUT2D eigenvalue weighted by molar-refractivity contribution is 0.287. The molecule has 68 valence electrons. The number of aromatic nitrogens is 2. The van der Waals surface area contributed by atoms with Gasteiger partial charge < -0.3 is 10.5 Å². The van der Waals surface area contributed by atoms with E-state index in [1.165, 1.54) is 0 Å². The molecule has 0 saturated heterocycles. The minimum absolute atomic E-state index is 0.662. The van der Waals surface area contributed by atoms with Crippen LogP contribution >= 0.6 is 0 Å². The molecule has 0 aromatic carbocycles. The summed E-state index contributed by atoms with van der Waals surface area (Å²) in [7, 11) is 1.87. The van der Waals surface area contributed by atoms with Crippen LogP contribution in [0.1, 0.15) is 12.1 Å². The van der Waals surface area contributed by atoms with E-state index in [0.29, 0.717) is 13.2 Å². The van der Waals surface area contributed by atoms with E-state index in [1.54, 1.807) is 4.68 Å². The molecule has 0 amide bonds. The van der Waals surface area contributed by atoms with Gasteiger partial charge in [-0.2, -0.15) is 5.10 Å². The number of hydrogen-bond acceptors (Lipinski definition) is 3. The number of rotatable bonds is 4. The van der Waals surface area contributed by atoms with E-state index in [1.807, 2.05) is 20.0 Å². The first-order valence-corrected chi connectivity index (χ1v) is 4.07. The molecular formula is C8H15N3O. The Kier molecular flexibility index (Phi) is 3.10. The van der Waals surface area contributed by atoms with Gasteiger partial charge in [0.1, 0.15) is 0 Å². The summed E-state index contributed by atoms with van der Waals surface area (Å²) in [4.78, 5) is 0. The maximum atomic E-state index is 5.42. The van der Waals surface area contributed by atoms with Gasteiger partial charge in [-0.3, -0.25) is 0 Å². The lowest BCUT2D eigenvalue weighted by Crippen LogP contribution is -2.07. The zero-order chi connectivity index (χ0) is 8.97. The average molecular weight is 169 g/mol. The van der Waals surface area contributed by atoms with Gasteiger partial charge >= 0.3 is 0 Å². The van der Waals surface area contributed by atoms with Crippen molar-refractivity contribution < 1.29 is 4.74 Å². The molecule has 0 saturated carbocycles. The molecule has 0 aliphatic carbocycles. The second kappa shape index (κ2) is 4.11. The highest BCUT2D eigenvalue weighted by Crippen LogP contribution is 2.10. The van der Waals surface area contributed by atoms with E-state index >= 15 is 0 Å². The smallest absolute Gasteiger partial charge is 0.211 e. The van der Waals surface area contributed by atoms with Gasteiger partial charge in [0.15, 0.2) is 0 Å². The minimum Gasteiger partial charge on any atom is -0.478 e. The van der Waals surface area contributed by atoms with Crippen molar-refractivity contribution in [3.05, 3.63) is 11.8 Å². The van der Waals surface area contributed by atoms with Gasteiger partial charge in [0.2, 0.25) is 5.88 Å². The molecule has 0 spiro atoms. The predicted octanol–water partition coefficient (Wildman–Crippen LogP) is 0.456. The molecule has 0 atom stereocenters. The topological polar surface area (TPSA) is 53.1 Å². The second-order valence-corrected chi connectivity index (χ2v) is 2.74. The summed E-state index contributed by atoms with van der Waals surface area (Å²) in [5, 5.41) is 4.15. The van der Waals surface area contributed by atoms with Gasteiger partial charge in [-0.15, -0.1) is 0 Å². The Hall–Kier alpha value is -1.03. The highest BCUT2D eigenvalue weighted by molar-refractivity contribution is 5.14. The third kappa shape index (κ3) is 2.23. The largest absolute Gasteiger partial charge is 0.478 e. The van der Waals surface area contributed by atoms with Crippen LogP contribution in [-0.4, -0.2) is 22.9 Å². The Bertz CT molecular complexity index is 244. The molecule has 1 aromatic heterocycles. The molecule has 0 unspecified atom stereocenters. The van der Waals surface area contributed by atoms with E-state index in [4.69, 9.17) is 10.5 Å². The average Bonchev–Trinajstić information content (AvgIpc) is 2.31. The summed E-state index contributed by atoms with van der Waals surface area (Å²) in [6, 6.07) is 1.91. The zero-order valence-corrected chi connectivity index (χ0v) is 7.58. The summed E-state index contributed by atoms with van der Waals surface area (Å²) in [5.74, 6) is 0.806. The fourth-order valence-electron chi connectivity index (χ4n) is 0.982. The quantitative estimate of drug-likeness (QED) is 0.666. The van der Waals surface area contributed by atoms with Gasteiger partial charge in [-0.05, 0) is 19.9 Å². The van der Waals surface area contributed by atoms with Crippen molar-refractivity contribution >= 4 is 0 Å². The molecule has 0 radical (unpaired) electrons. The van der Waals surface area contributed by atoms with Crippen molar-refractivity contribution in [3.8, 4) is 5.88 Å². The monoisotopic (exact) mass is 169 g/mol. The maximum absolute atomic E-state index is 5.42. The summed E-state index contributed by atoms with van der Waals surface area (Å²) in [5.41, 5.74) is 6.31. The third-order valence-electron chi connectivity index (χ3n) is 1.56. The van der Waals surface area contributed by atoms with Gasteiger partial charge in [0.25, 0.3) is 0 Å². The van der Waals surface area contributed by atoms with E-state index < -0.39 is 0 Å². The van der Waals surface area contributed by atoms with Crippen molar-refractivity contribution in [1.29, 1.82) is 0 Å². The third-order valence-corrected chi connectivity index (χ3v) is 1.56. The molecule has 2 N–H and O–H groups in total. The number of nitrogens with two attached hydrogens (primary N) is 1. The number of hydrogen-bond donors (Lipinski definition) is 1. The van der Waals surface area contributed by atoms with Crippen LogP contribution in [0.25, 0.3) is 0 Å². The first kappa shape index (κ1) is 9.06.